The van der Waals surface area contributed by atoms with Gasteiger partial charge in [0.15, 0.2) is 0 Å². The monoisotopic (exact) mass is 322 g/mol. The Labute approximate surface area is 133 Å². The normalized spacial score (nSPS) is 16.4. The van der Waals surface area contributed by atoms with Crippen molar-refractivity contribution in [2.75, 3.05) is 6.54 Å². The molecule has 0 radical (unpaired) electrons. The van der Waals surface area contributed by atoms with E-state index >= 15 is 0 Å². The summed E-state index contributed by atoms with van der Waals surface area (Å²) < 4.78 is 13.1. The van der Waals surface area contributed by atoms with E-state index in [2.05, 4.69) is 10.6 Å². The van der Waals surface area contributed by atoms with Gasteiger partial charge in [0.05, 0.1) is 6.54 Å². The number of hydrogen-bond donors (Lipinski definition) is 3. The average Bonchev–Trinajstić information content (AvgIpc) is 2.53. The fraction of sp³-hybridized carbons (Fsp3) is 0.438. The lowest BCUT2D eigenvalue weighted by molar-refractivity contribution is -0.149. The highest BCUT2D eigenvalue weighted by atomic mass is 19.1. The average molecular weight is 322 g/mol. The summed E-state index contributed by atoms with van der Waals surface area (Å²) in [7, 11) is 0. The van der Waals surface area contributed by atoms with E-state index < -0.39 is 29.1 Å². The summed E-state index contributed by atoms with van der Waals surface area (Å²) in [5, 5.41) is 14.3. The molecule has 1 aromatic rings. The number of benzene rings is 1. The highest BCUT2D eigenvalue weighted by Gasteiger charge is 2.40. The molecule has 3 N–H and O–H groups in total. The van der Waals surface area contributed by atoms with Crippen LogP contribution >= 0.6 is 0 Å². The zero-order valence-electron chi connectivity index (χ0n) is 12.6. The number of nitrogens with one attached hydrogen (secondary N) is 2. The first-order valence-electron chi connectivity index (χ1n) is 7.51. The summed E-state index contributed by atoms with van der Waals surface area (Å²) in [5.74, 6) is -2.76. The highest BCUT2D eigenvalue weighted by Crippen LogP contribution is 2.28. The van der Waals surface area contributed by atoms with Crippen LogP contribution in [-0.2, 0) is 9.59 Å². The maximum Gasteiger partial charge on any atom is 0.329 e. The van der Waals surface area contributed by atoms with E-state index in [1.165, 1.54) is 18.2 Å². The molecule has 124 valence electrons. The largest absolute Gasteiger partial charge is 0.480 e. The predicted molar refractivity (Wildman–Crippen MR) is 80.3 cm³/mol. The summed E-state index contributed by atoms with van der Waals surface area (Å²) in [6.45, 7) is -0.357. The highest BCUT2D eigenvalue weighted by molar-refractivity contribution is 5.97. The Balaban J connectivity index is 1.91. The zero-order valence-corrected chi connectivity index (χ0v) is 12.6. The molecule has 1 aromatic carbocycles. The molecule has 0 atom stereocenters. The number of carboxylic acids is 1. The van der Waals surface area contributed by atoms with Crippen molar-refractivity contribution >= 4 is 17.8 Å². The Kier molecular flexibility index (Phi) is 5.31. The fourth-order valence-electron chi connectivity index (χ4n) is 2.75. The van der Waals surface area contributed by atoms with Crippen LogP contribution in [0.2, 0.25) is 0 Å². The van der Waals surface area contributed by atoms with Gasteiger partial charge in [0, 0.05) is 5.56 Å². The minimum absolute atomic E-state index is 0.100. The molecule has 1 aliphatic rings. The van der Waals surface area contributed by atoms with Crippen LogP contribution in [0.25, 0.3) is 0 Å². The first-order valence-corrected chi connectivity index (χ1v) is 7.51. The van der Waals surface area contributed by atoms with Crippen LogP contribution in [0.1, 0.15) is 42.5 Å². The molecular formula is C16H19FN2O4. The predicted octanol–water partition coefficient (Wildman–Crippen LogP) is 1.46. The van der Waals surface area contributed by atoms with Crippen molar-refractivity contribution in [3.05, 3.63) is 35.6 Å². The molecule has 0 aliphatic heterocycles. The van der Waals surface area contributed by atoms with Crippen LogP contribution in [0.5, 0.6) is 0 Å². The number of carbonyl (C=O) groups excluding carboxylic acids is 2. The molecule has 7 heteroatoms. The van der Waals surface area contributed by atoms with Crippen molar-refractivity contribution in [3.63, 3.8) is 0 Å². The summed E-state index contributed by atoms with van der Waals surface area (Å²) in [4.78, 5) is 35.3. The van der Waals surface area contributed by atoms with Crippen molar-refractivity contribution in [1.29, 1.82) is 0 Å². The molecule has 0 aromatic heterocycles. The van der Waals surface area contributed by atoms with Crippen LogP contribution in [0.15, 0.2) is 24.3 Å². The van der Waals surface area contributed by atoms with Crippen LogP contribution in [0.3, 0.4) is 0 Å². The van der Waals surface area contributed by atoms with Gasteiger partial charge in [0.25, 0.3) is 5.91 Å². The third-order valence-corrected chi connectivity index (χ3v) is 3.99. The lowest BCUT2D eigenvalue weighted by atomic mass is 9.81. The first-order chi connectivity index (χ1) is 10.9. The van der Waals surface area contributed by atoms with E-state index in [-0.39, 0.29) is 12.1 Å². The molecular weight excluding hydrogens is 303 g/mol. The molecule has 1 aliphatic carbocycles. The lowest BCUT2D eigenvalue weighted by Crippen LogP contribution is -2.57. The Bertz CT molecular complexity index is 612. The standard InChI is InChI=1S/C16H19FN2O4/c17-12-6-4-5-11(9-12)14(21)18-10-13(20)19-16(15(22)23)7-2-1-3-8-16/h4-6,9H,1-3,7-8,10H2,(H,18,21)(H,19,20)(H,22,23). The van der Waals surface area contributed by atoms with Crippen molar-refractivity contribution in [2.24, 2.45) is 0 Å². The third kappa shape index (κ3) is 4.28. The van der Waals surface area contributed by atoms with Crippen molar-refractivity contribution in [1.82, 2.24) is 10.6 Å². The SMILES string of the molecule is O=C(CNC(=O)c1cccc(F)c1)NC1(C(=O)O)CCCCC1. The number of halogens is 1. The van der Waals surface area contributed by atoms with Gasteiger partial charge in [-0.25, -0.2) is 9.18 Å². The van der Waals surface area contributed by atoms with Gasteiger partial charge in [-0.1, -0.05) is 25.3 Å². The molecule has 23 heavy (non-hydrogen) atoms. The van der Waals surface area contributed by atoms with E-state index in [9.17, 15) is 23.9 Å². The summed E-state index contributed by atoms with van der Waals surface area (Å²) >= 11 is 0. The smallest absolute Gasteiger partial charge is 0.329 e. The quantitative estimate of drug-likeness (QED) is 0.765. The summed E-state index contributed by atoms with van der Waals surface area (Å²) in [6, 6.07) is 5.10. The molecule has 0 spiro atoms. The van der Waals surface area contributed by atoms with E-state index in [1.54, 1.807) is 0 Å². The molecule has 0 bridgehead atoms. The van der Waals surface area contributed by atoms with E-state index in [0.717, 1.165) is 25.3 Å². The van der Waals surface area contributed by atoms with Crippen LogP contribution in [0, 0.1) is 5.82 Å². The van der Waals surface area contributed by atoms with Crippen molar-refractivity contribution < 1.29 is 23.9 Å². The number of aliphatic carboxylic acids is 1. The Morgan fingerprint density at radius 3 is 2.48 bits per heavy atom. The van der Waals surface area contributed by atoms with Crippen LogP contribution in [0.4, 0.5) is 4.39 Å². The molecule has 2 rings (SSSR count). The second-order valence-electron chi connectivity index (χ2n) is 5.69. The van der Waals surface area contributed by atoms with Crippen molar-refractivity contribution in [3.8, 4) is 0 Å². The van der Waals surface area contributed by atoms with Crippen LogP contribution < -0.4 is 10.6 Å². The van der Waals surface area contributed by atoms with Crippen LogP contribution in [-0.4, -0.2) is 35.0 Å². The van der Waals surface area contributed by atoms with E-state index in [1.807, 2.05) is 0 Å². The number of carboxylic acid groups (broad SMARTS) is 1. The van der Waals surface area contributed by atoms with E-state index in [0.29, 0.717) is 12.8 Å². The minimum Gasteiger partial charge on any atom is -0.480 e. The number of rotatable bonds is 5. The fourth-order valence-corrected chi connectivity index (χ4v) is 2.75. The van der Waals surface area contributed by atoms with E-state index in [4.69, 9.17) is 0 Å². The Morgan fingerprint density at radius 1 is 1.17 bits per heavy atom. The van der Waals surface area contributed by atoms with Gasteiger partial charge in [-0.2, -0.15) is 0 Å². The molecule has 2 amide bonds. The topological polar surface area (TPSA) is 95.5 Å². The molecule has 6 nitrogen and oxygen atoms in total. The minimum atomic E-state index is -1.25. The molecule has 0 heterocycles. The van der Waals surface area contributed by atoms with Gasteiger partial charge in [-0.15, -0.1) is 0 Å². The first kappa shape index (κ1) is 16.9. The van der Waals surface area contributed by atoms with Gasteiger partial charge in [-0.3, -0.25) is 9.59 Å². The van der Waals surface area contributed by atoms with Gasteiger partial charge < -0.3 is 15.7 Å². The zero-order chi connectivity index (χ0) is 16.9. The van der Waals surface area contributed by atoms with Gasteiger partial charge in [0.1, 0.15) is 11.4 Å². The summed E-state index contributed by atoms with van der Waals surface area (Å²) in [5.41, 5.74) is -1.15. The molecule has 0 unspecified atom stereocenters. The van der Waals surface area contributed by atoms with Gasteiger partial charge in [-0.05, 0) is 31.0 Å². The number of hydrogen-bond acceptors (Lipinski definition) is 3. The maximum atomic E-state index is 13.1. The Hall–Kier alpha value is -2.44. The molecule has 1 saturated carbocycles. The van der Waals surface area contributed by atoms with Crippen molar-refractivity contribution in [2.45, 2.75) is 37.6 Å². The second kappa shape index (κ2) is 7.21. The molecule has 1 fully saturated rings. The summed E-state index contributed by atoms with van der Waals surface area (Å²) in [6.07, 6.45) is 3.18. The maximum absolute atomic E-state index is 13.1. The third-order valence-electron chi connectivity index (χ3n) is 3.99. The second-order valence-corrected chi connectivity index (χ2v) is 5.69. The number of carbonyl (C=O) groups is 3. The lowest BCUT2D eigenvalue weighted by Gasteiger charge is -2.33. The molecule has 0 saturated heterocycles. The van der Waals surface area contributed by atoms with Gasteiger partial charge >= 0.3 is 5.97 Å². The Morgan fingerprint density at radius 2 is 1.87 bits per heavy atom. The number of amides is 2. The van der Waals surface area contributed by atoms with Gasteiger partial charge in [0.2, 0.25) is 5.91 Å².